The highest BCUT2D eigenvalue weighted by Gasteiger charge is 2.15. The molecule has 1 aromatic heterocycles. The summed E-state index contributed by atoms with van der Waals surface area (Å²) in [6.07, 6.45) is 0.873. The number of nitrogens with zero attached hydrogens (tertiary/aromatic N) is 2. The van der Waals surface area contributed by atoms with Crippen LogP contribution in [0.3, 0.4) is 0 Å². The molecule has 0 N–H and O–H groups in total. The van der Waals surface area contributed by atoms with Gasteiger partial charge in [-0.15, -0.1) is 0 Å². The van der Waals surface area contributed by atoms with E-state index in [0.717, 1.165) is 24.3 Å². The number of imidazole rings is 1. The van der Waals surface area contributed by atoms with Crippen LogP contribution in [0.4, 0.5) is 0 Å². The standard InChI is InChI=1S/C16H22N2O4/c1-12-17-15-13(16(19)21-3)6-4-7-14(15)18(12)8-5-9-22-11-10-20-2/h4,6-7H,5,8-11H2,1-3H3. The fraction of sp³-hybridized carbons (Fsp3) is 0.500. The largest absolute Gasteiger partial charge is 0.465 e. The Morgan fingerprint density at radius 1 is 1.23 bits per heavy atom. The van der Waals surface area contributed by atoms with Gasteiger partial charge in [0, 0.05) is 20.3 Å². The number of fused-ring (bicyclic) bond motifs is 1. The van der Waals surface area contributed by atoms with Crippen LogP contribution in [0.1, 0.15) is 22.6 Å². The van der Waals surface area contributed by atoms with E-state index in [9.17, 15) is 4.79 Å². The molecule has 22 heavy (non-hydrogen) atoms. The molecule has 1 aromatic carbocycles. The fourth-order valence-corrected chi connectivity index (χ4v) is 2.39. The van der Waals surface area contributed by atoms with Crippen molar-refractivity contribution < 1.29 is 19.0 Å². The topological polar surface area (TPSA) is 62.6 Å². The quantitative estimate of drug-likeness (QED) is 0.552. The molecule has 2 aromatic rings. The Balaban J connectivity index is 2.10. The van der Waals surface area contributed by atoms with Gasteiger partial charge >= 0.3 is 5.97 Å². The smallest absolute Gasteiger partial charge is 0.340 e. The molecule has 0 unspecified atom stereocenters. The van der Waals surface area contributed by atoms with Gasteiger partial charge < -0.3 is 18.8 Å². The molecule has 0 atom stereocenters. The maximum Gasteiger partial charge on any atom is 0.340 e. The van der Waals surface area contributed by atoms with Crippen LogP contribution in [0.5, 0.6) is 0 Å². The number of carbonyl (C=O) groups is 1. The summed E-state index contributed by atoms with van der Waals surface area (Å²) < 4.78 is 17.3. The molecule has 1 heterocycles. The maximum absolute atomic E-state index is 11.8. The number of hydrogen-bond donors (Lipinski definition) is 0. The van der Waals surface area contributed by atoms with Crippen LogP contribution in [-0.2, 0) is 20.8 Å². The van der Waals surface area contributed by atoms with E-state index in [1.54, 1.807) is 13.2 Å². The third-order valence-corrected chi connectivity index (χ3v) is 3.48. The molecule has 6 nitrogen and oxygen atoms in total. The van der Waals surface area contributed by atoms with Crippen molar-refractivity contribution in [1.82, 2.24) is 9.55 Å². The van der Waals surface area contributed by atoms with E-state index in [1.807, 2.05) is 19.1 Å². The Labute approximate surface area is 130 Å². The Morgan fingerprint density at radius 3 is 2.77 bits per heavy atom. The lowest BCUT2D eigenvalue weighted by atomic mass is 10.2. The third-order valence-electron chi connectivity index (χ3n) is 3.48. The second kappa shape index (κ2) is 7.91. The molecule has 6 heteroatoms. The molecular weight excluding hydrogens is 284 g/mol. The molecule has 0 aliphatic heterocycles. The minimum atomic E-state index is -0.363. The first-order valence-electron chi connectivity index (χ1n) is 7.30. The molecule has 2 rings (SSSR count). The SMILES string of the molecule is COCCOCCCn1c(C)nc2c(C(=O)OC)cccc21. The zero-order chi connectivity index (χ0) is 15.9. The van der Waals surface area contributed by atoms with Crippen LogP contribution in [0.2, 0.25) is 0 Å². The highest BCUT2D eigenvalue weighted by atomic mass is 16.5. The third kappa shape index (κ3) is 3.64. The van der Waals surface area contributed by atoms with Crippen molar-refractivity contribution >= 4 is 17.0 Å². The minimum absolute atomic E-state index is 0.363. The van der Waals surface area contributed by atoms with Gasteiger partial charge in [-0.1, -0.05) is 6.07 Å². The van der Waals surface area contributed by atoms with Gasteiger partial charge in [-0.25, -0.2) is 9.78 Å². The zero-order valence-electron chi connectivity index (χ0n) is 13.3. The Morgan fingerprint density at radius 2 is 2.05 bits per heavy atom. The summed E-state index contributed by atoms with van der Waals surface area (Å²) in [5, 5.41) is 0. The molecule has 0 radical (unpaired) electrons. The number of carbonyl (C=O) groups excluding carboxylic acids is 1. The number of esters is 1. The van der Waals surface area contributed by atoms with Crippen LogP contribution in [0, 0.1) is 6.92 Å². The van der Waals surface area contributed by atoms with Gasteiger partial charge in [-0.3, -0.25) is 0 Å². The Kier molecular flexibility index (Phi) is 5.91. The summed E-state index contributed by atoms with van der Waals surface area (Å²) in [7, 11) is 3.03. The van der Waals surface area contributed by atoms with Gasteiger partial charge in [-0.2, -0.15) is 0 Å². The predicted octanol–water partition coefficient (Wildman–Crippen LogP) is 2.18. The average Bonchev–Trinajstić information content (AvgIpc) is 2.85. The summed E-state index contributed by atoms with van der Waals surface area (Å²) >= 11 is 0. The number of rotatable bonds is 8. The van der Waals surface area contributed by atoms with Crippen molar-refractivity contribution in [2.45, 2.75) is 19.9 Å². The second-order valence-electron chi connectivity index (χ2n) is 4.93. The van der Waals surface area contributed by atoms with Crippen LogP contribution < -0.4 is 0 Å². The van der Waals surface area contributed by atoms with Gasteiger partial charge in [0.1, 0.15) is 11.3 Å². The molecule has 0 spiro atoms. The van der Waals surface area contributed by atoms with Crippen LogP contribution in [-0.4, -0.2) is 49.6 Å². The maximum atomic E-state index is 11.8. The van der Waals surface area contributed by atoms with Crippen molar-refractivity contribution in [2.75, 3.05) is 34.0 Å². The fourth-order valence-electron chi connectivity index (χ4n) is 2.39. The van der Waals surface area contributed by atoms with E-state index in [0.29, 0.717) is 30.9 Å². The summed E-state index contributed by atoms with van der Waals surface area (Å²) in [5.74, 6) is 0.515. The van der Waals surface area contributed by atoms with E-state index in [1.165, 1.54) is 7.11 Å². The monoisotopic (exact) mass is 306 g/mol. The number of ether oxygens (including phenoxy) is 3. The lowest BCUT2D eigenvalue weighted by Gasteiger charge is -2.08. The average molecular weight is 306 g/mol. The minimum Gasteiger partial charge on any atom is -0.465 e. The van der Waals surface area contributed by atoms with Crippen molar-refractivity contribution in [2.24, 2.45) is 0 Å². The molecule has 0 aliphatic rings. The molecule has 0 saturated carbocycles. The highest BCUT2D eigenvalue weighted by molar-refractivity contribution is 6.02. The normalized spacial score (nSPS) is 11.0. The van der Waals surface area contributed by atoms with Gasteiger partial charge in [0.2, 0.25) is 0 Å². The van der Waals surface area contributed by atoms with Gasteiger partial charge in [0.05, 0.1) is 31.4 Å². The number of hydrogen-bond acceptors (Lipinski definition) is 5. The van der Waals surface area contributed by atoms with Gasteiger partial charge in [0.15, 0.2) is 0 Å². The number of methoxy groups -OCH3 is 2. The Hall–Kier alpha value is -1.92. The lowest BCUT2D eigenvalue weighted by Crippen LogP contribution is -2.07. The van der Waals surface area contributed by atoms with Crippen molar-refractivity contribution in [3.05, 3.63) is 29.6 Å². The number of aryl methyl sites for hydroxylation is 2. The highest BCUT2D eigenvalue weighted by Crippen LogP contribution is 2.21. The molecule has 0 fully saturated rings. The first-order chi connectivity index (χ1) is 10.7. The summed E-state index contributed by atoms with van der Waals surface area (Å²) in [6, 6.07) is 5.55. The zero-order valence-corrected chi connectivity index (χ0v) is 13.3. The van der Waals surface area contributed by atoms with Crippen LogP contribution in [0.25, 0.3) is 11.0 Å². The molecule has 0 bridgehead atoms. The Bertz CT molecular complexity index is 636. The summed E-state index contributed by atoms with van der Waals surface area (Å²) in [6.45, 7) is 4.61. The van der Waals surface area contributed by atoms with E-state index in [2.05, 4.69) is 9.55 Å². The molecule has 0 aliphatic carbocycles. The van der Waals surface area contributed by atoms with Crippen LogP contribution >= 0.6 is 0 Å². The van der Waals surface area contributed by atoms with E-state index in [-0.39, 0.29) is 5.97 Å². The molecule has 120 valence electrons. The van der Waals surface area contributed by atoms with E-state index in [4.69, 9.17) is 14.2 Å². The van der Waals surface area contributed by atoms with E-state index >= 15 is 0 Å². The molecule has 0 amide bonds. The van der Waals surface area contributed by atoms with E-state index < -0.39 is 0 Å². The first kappa shape index (κ1) is 16.5. The van der Waals surface area contributed by atoms with Gasteiger partial charge in [0.25, 0.3) is 0 Å². The molecule has 0 saturated heterocycles. The predicted molar refractivity (Wildman–Crippen MR) is 83.1 cm³/mol. The number of aromatic nitrogens is 2. The number of benzene rings is 1. The van der Waals surface area contributed by atoms with Crippen molar-refractivity contribution in [3.8, 4) is 0 Å². The summed E-state index contributed by atoms with van der Waals surface area (Å²) in [5.41, 5.74) is 2.13. The second-order valence-corrected chi connectivity index (χ2v) is 4.93. The van der Waals surface area contributed by atoms with Gasteiger partial charge in [-0.05, 0) is 25.5 Å². The lowest BCUT2D eigenvalue weighted by molar-refractivity contribution is 0.0603. The van der Waals surface area contributed by atoms with Crippen molar-refractivity contribution in [1.29, 1.82) is 0 Å². The molecular formula is C16H22N2O4. The van der Waals surface area contributed by atoms with Crippen molar-refractivity contribution in [3.63, 3.8) is 0 Å². The van der Waals surface area contributed by atoms with Crippen LogP contribution in [0.15, 0.2) is 18.2 Å². The first-order valence-corrected chi connectivity index (χ1v) is 7.30. The summed E-state index contributed by atoms with van der Waals surface area (Å²) in [4.78, 5) is 16.3. The number of para-hydroxylation sites is 1.